The molecule has 1 amide bonds. The number of hydrogen-bond donors (Lipinski definition) is 1. The van der Waals surface area contributed by atoms with Crippen LogP contribution >= 0.6 is 0 Å². The van der Waals surface area contributed by atoms with Crippen LogP contribution in [0, 0.1) is 0 Å². The van der Waals surface area contributed by atoms with E-state index in [0.717, 1.165) is 12.0 Å². The maximum Gasteiger partial charge on any atom is 0.224 e. The number of nitrogens with one attached hydrogen (secondary N) is 1. The Bertz CT molecular complexity index is 702. The third-order valence-corrected chi connectivity index (χ3v) is 5.05. The van der Waals surface area contributed by atoms with Gasteiger partial charge in [0.1, 0.15) is 0 Å². The number of fused-ring (bicyclic) bond motifs is 1. The van der Waals surface area contributed by atoms with Gasteiger partial charge in [-0.3, -0.25) is 4.79 Å². The van der Waals surface area contributed by atoms with Crippen molar-refractivity contribution in [3.05, 3.63) is 70.3 Å². The lowest BCUT2D eigenvalue weighted by atomic mass is 9.89. The molecule has 0 heterocycles. The van der Waals surface area contributed by atoms with Gasteiger partial charge in [0.15, 0.2) is 0 Å². The first kappa shape index (κ1) is 16.8. The van der Waals surface area contributed by atoms with Crippen LogP contribution in [-0.4, -0.2) is 5.91 Å². The highest BCUT2D eigenvalue weighted by atomic mass is 16.1. The maximum absolute atomic E-state index is 12.3. The van der Waals surface area contributed by atoms with E-state index in [9.17, 15) is 4.79 Å². The second-order valence-electron chi connectivity index (χ2n) is 6.87. The van der Waals surface area contributed by atoms with Crippen LogP contribution in [-0.2, 0) is 30.5 Å². The van der Waals surface area contributed by atoms with Gasteiger partial charge in [-0.1, -0.05) is 49.4 Å². The molecule has 0 aliphatic heterocycles. The van der Waals surface area contributed by atoms with Crippen LogP contribution in [0.15, 0.2) is 42.5 Å². The average Bonchev–Trinajstić information content (AvgIpc) is 2.61. The molecule has 1 atom stereocenters. The second-order valence-corrected chi connectivity index (χ2v) is 6.87. The van der Waals surface area contributed by atoms with Crippen molar-refractivity contribution in [2.75, 3.05) is 0 Å². The highest BCUT2D eigenvalue weighted by molar-refractivity contribution is 5.79. The monoisotopic (exact) mass is 321 g/mol. The standard InChI is InChI=1S/C22H27NO/c1-3-17-8-10-18(11-9-17)14-22(24)23-16(2)20-13-12-19-6-4-5-7-21(19)15-20/h8-13,15-16H,3-7,14H2,1-2H3,(H,23,24). The van der Waals surface area contributed by atoms with Gasteiger partial charge in [-0.15, -0.1) is 0 Å². The quantitative estimate of drug-likeness (QED) is 0.860. The molecule has 2 aromatic carbocycles. The fourth-order valence-corrected chi connectivity index (χ4v) is 3.48. The maximum atomic E-state index is 12.3. The Labute approximate surface area is 145 Å². The van der Waals surface area contributed by atoms with E-state index in [1.54, 1.807) is 0 Å². The summed E-state index contributed by atoms with van der Waals surface area (Å²) >= 11 is 0. The number of hydrogen-bond acceptors (Lipinski definition) is 1. The van der Waals surface area contributed by atoms with Crippen molar-refractivity contribution in [2.24, 2.45) is 0 Å². The summed E-state index contributed by atoms with van der Waals surface area (Å²) in [6.07, 6.45) is 6.43. The van der Waals surface area contributed by atoms with Gasteiger partial charge in [-0.05, 0) is 66.8 Å². The van der Waals surface area contributed by atoms with E-state index < -0.39 is 0 Å². The Hall–Kier alpha value is -2.09. The third-order valence-electron chi connectivity index (χ3n) is 5.05. The van der Waals surface area contributed by atoms with E-state index in [4.69, 9.17) is 0 Å². The molecule has 0 fully saturated rings. The Balaban J connectivity index is 1.61. The predicted octanol–water partition coefficient (Wildman–Crippen LogP) is 4.55. The first-order valence-corrected chi connectivity index (χ1v) is 9.14. The first-order valence-electron chi connectivity index (χ1n) is 9.14. The molecule has 1 N–H and O–H groups in total. The van der Waals surface area contributed by atoms with Gasteiger partial charge in [0.25, 0.3) is 0 Å². The van der Waals surface area contributed by atoms with Crippen molar-refractivity contribution in [1.82, 2.24) is 5.32 Å². The van der Waals surface area contributed by atoms with Gasteiger partial charge >= 0.3 is 0 Å². The van der Waals surface area contributed by atoms with E-state index in [1.165, 1.54) is 47.9 Å². The molecule has 0 bridgehead atoms. The molecule has 126 valence electrons. The Morgan fingerprint density at radius 3 is 2.38 bits per heavy atom. The van der Waals surface area contributed by atoms with Crippen molar-refractivity contribution >= 4 is 5.91 Å². The molecule has 0 saturated carbocycles. The van der Waals surface area contributed by atoms with Crippen LogP contribution in [0.2, 0.25) is 0 Å². The van der Waals surface area contributed by atoms with E-state index in [2.05, 4.69) is 61.6 Å². The zero-order chi connectivity index (χ0) is 16.9. The van der Waals surface area contributed by atoms with Crippen molar-refractivity contribution in [1.29, 1.82) is 0 Å². The van der Waals surface area contributed by atoms with Crippen molar-refractivity contribution in [3.63, 3.8) is 0 Å². The zero-order valence-corrected chi connectivity index (χ0v) is 14.8. The number of amides is 1. The van der Waals surface area contributed by atoms with Gasteiger partial charge < -0.3 is 5.32 Å². The summed E-state index contributed by atoms with van der Waals surface area (Å²) in [4.78, 5) is 12.3. The van der Waals surface area contributed by atoms with E-state index in [-0.39, 0.29) is 11.9 Å². The molecule has 3 rings (SSSR count). The molecule has 1 unspecified atom stereocenters. The molecule has 0 saturated heterocycles. The van der Waals surface area contributed by atoms with Gasteiger partial charge in [0.2, 0.25) is 5.91 Å². The highest BCUT2D eigenvalue weighted by Crippen LogP contribution is 2.24. The molecule has 1 aliphatic carbocycles. The highest BCUT2D eigenvalue weighted by Gasteiger charge is 2.14. The van der Waals surface area contributed by atoms with E-state index in [1.807, 2.05) is 0 Å². The molecular formula is C22H27NO. The zero-order valence-electron chi connectivity index (χ0n) is 14.8. The molecule has 0 spiro atoms. The Morgan fingerprint density at radius 2 is 1.67 bits per heavy atom. The van der Waals surface area contributed by atoms with Gasteiger partial charge in [0.05, 0.1) is 12.5 Å². The summed E-state index contributed by atoms with van der Waals surface area (Å²) in [5.41, 5.74) is 6.55. The van der Waals surface area contributed by atoms with Crippen LogP contribution in [0.4, 0.5) is 0 Å². The van der Waals surface area contributed by atoms with E-state index in [0.29, 0.717) is 6.42 Å². The van der Waals surface area contributed by atoms with Crippen LogP contribution in [0.5, 0.6) is 0 Å². The molecule has 2 heteroatoms. The lowest BCUT2D eigenvalue weighted by Crippen LogP contribution is -2.28. The molecule has 24 heavy (non-hydrogen) atoms. The summed E-state index contributed by atoms with van der Waals surface area (Å²) in [7, 11) is 0. The SMILES string of the molecule is CCc1ccc(CC(=O)NC(C)c2ccc3c(c2)CCCC3)cc1. The van der Waals surface area contributed by atoms with Gasteiger partial charge in [-0.2, -0.15) is 0 Å². The molecular weight excluding hydrogens is 294 g/mol. The summed E-state index contributed by atoms with van der Waals surface area (Å²) < 4.78 is 0. The third kappa shape index (κ3) is 4.05. The van der Waals surface area contributed by atoms with Gasteiger partial charge in [-0.25, -0.2) is 0 Å². The van der Waals surface area contributed by atoms with Crippen molar-refractivity contribution in [3.8, 4) is 0 Å². The van der Waals surface area contributed by atoms with Crippen LogP contribution in [0.1, 0.15) is 60.5 Å². The fourth-order valence-electron chi connectivity index (χ4n) is 3.48. The Morgan fingerprint density at radius 1 is 1.00 bits per heavy atom. The summed E-state index contributed by atoms with van der Waals surface area (Å²) in [5.74, 6) is 0.0875. The Kier molecular flexibility index (Phi) is 5.34. The summed E-state index contributed by atoms with van der Waals surface area (Å²) in [6, 6.07) is 15.1. The normalized spacial score (nSPS) is 14.8. The van der Waals surface area contributed by atoms with Crippen molar-refractivity contribution in [2.45, 2.75) is 58.4 Å². The smallest absolute Gasteiger partial charge is 0.224 e. The lowest BCUT2D eigenvalue weighted by Gasteiger charge is -2.20. The predicted molar refractivity (Wildman–Crippen MR) is 99.2 cm³/mol. The minimum atomic E-state index is 0.0552. The summed E-state index contributed by atoms with van der Waals surface area (Å²) in [5, 5.41) is 3.14. The first-order chi connectivity index (χ1) is 11.7. The number of carbonyl (C=O) groups is 1. The van der Waals surface area contributed by atoms with Crippen LogP contribution < -0.4 is 5.32 Å². The van der Waals surface area contributed by atoms with E-state index >= 15 is 0 Å². The molecule has 0 radical (unpaired) electrons. The minimum absolute atomic E-state index is 0.0552. The molecule has 2 aromatic rings. The number of benzene rings is 2. The number of rotatable bonds is 5. The molecule has 1 aliphatic rings. The summed E-state index contributed by atoms with van der Waals surface area (Å²) in [6.45, 7) is 4.21. The average molecular weight is 321 g/mol. The molecule has 2 nitrogen and oxygen atoms in total. The second kappa shape index (κ2) is 7.65. The lowest BCUT2D eigenvalue weighted by molar-refractivity contribution is -0.121. The van der Waals surface area contributed by atoms with Gasteiger partial charge in [0, 0.05) is 0 Å². The number of aryl methyl sites for hydroxylation is 3. The van der Waals surface area contributed by atoms with Crippen LogP contribution in [0.25, 0.3) is 0 Å². The minimum Gasteiger partial charge on any atom is -0.349 e. The largest absolute Gasteiger partial charge is 0.349 e. The topological polar surface area (TPSA) is 29.1 Å². The van der Waals surface area contributed by atoms with Crippen molar-refractivity contribution < 1.29 is 4.79 Å². The number of carbonyl (C=O) groups excluding carboxylic acids is 1. The van der Waals surface area contributed by atoms with Crippen LogP contribution in [0.3, 0.4) is 0 Å². The molecule has 0 aromatic heterocycles. The fraction of sp³-hybridized carbons (Fsp3) is 0.409.